The third-order valence-electron chi connectivity index (χ3n) is 4.98. The molecule has 11 nitrogen and oxygen atoms in total. The first kappa shape index (κ1) is 24.7. The van der Waals surface area contributed by atoms with Crippen molar-refractivity contribution in [1.29, 1.82) is 0 Å². The molecule has 3 N–H and O–H groups in total. The van der Waals surface area contributed by atoms with Crippen molar-refractivity contribution < 1.29 is 27.9 Å². The van der Waals surface area contributed by atoms with Crippen LogP contribution in [0.4, 0.5) is 0 Å². The number of sulfonamides is 1. The summed E-state index contributed by atoms with van der Waals surface area (Å²) in [5, 5.41) is 14.1. The van der Waals surface area contributed by atoms with Crippen molar-refractivity contribution in [3.63, 3.8) is 0 Å². The summed E-state index contributed by atoms with van der Waals surface area (Å²) in [4.78, 5) is 25.2. The molecule has 0 bridgehead atoms. The highest BCUT2D eigenvalue weighted by Gasteiger charge is 2.25. The number of hydrazine groups is 1. The highest BCUT2D eigenvalue weighted by Crippen LogP contribution is 2.24. The highest BCUT2D eigenvalue weighted by atomic mass is 32.2. The molecule has 1 heterocycles. The van der Waals surface area contributed by atoms with Crippen LogP contribution in [0.15, 0.2) is 59.6 Å². The van der Waals surface area contributed by atoms with Crippen molar-refractivity contribution in [2.24, 2.45) is 0 Å². The van der Waals surface area contributed by atoms with E-state index in [4.69, 9.17) is 4.74 Å². The standard InChI is InChI=1S/C22H25N5O6S/c1-4-26(5-2)34(31,32)16-11-12-19(33-3)17(13-16)21(29)23-24-22(30)20-18(28)14-27(25-20)15-9-7-6-8-10-15/h6-14,28H,4-5H2,1-3H3,(H,23,29)(H,24,30). The lowest BCUT2D eigenvalue weighted by Crippen LogP contribution is -2.42. The van der Waals surface area contributed by atoms with E-state index in [0.717, 1.165) is 0 Å². The number of hydrogen-bond acceptors (Lipinski definition) is 7. The molecule has 0 saturated carbocycles. The number of amides is 2. The number of carbonyl (C=O) groups is 2. The first-order valence-corrected chi connectivity index (χ1v) is 11.8. The Hall–Kier alpha value is -3.90. The molecule has 3 aromatic rings. The fraction of sp³-hybridized carbons (Fsp3) is 0.227. The summed E-state index contributed by atoms with van der Waals surface area (Å²) in [7, 11) is -2.49. The van der Waals surface area contributed by atoms with Crippen LogP contribution < -0.4 is 15.6 Å². The fourth-order valence-corrected chi connectivity index (χ4v) is 4.70. The van der Waals surface area contributed by atoms with Crippen molar-refractivity contribution >= 4 is 21.8 Å². The van der Waals surface area contributed by atoms with E-state index in [1.807, 2.05) is 6.07 Å². The van der Waals surface area contributed by atoms with E-state index in [0.29, 0.717) is 5.69 Å². The van der Waals surface area contributed by atoms with Gasteiger partial charge in [0.25, 0.3) is 11.8 Å². The molecule has 0 fully saturated rings. The molecule has 1 aromatic heterocycles. The lowest BCUT2D eigenvalue weighted by Gasteiger charge is -2.19. The van der Waals surface area contributed by atoms with Crippen molar-refractivity contribution in [3.05, 3.63) is 66.0 Å². The Morgan fingerprint density at radius 2 is 1.71 bits per heavy atom. The SMILES string of the molecule is CCN(CC)S(=O)(=O)c1ccc(OC)c(C(=O)NNC(=O)c2nn(-c3ccccc3)cc2O)c1. The molecular weight excluding hydrogens is 462 g/mol. The number of nitrogens with one attached hydrogen (secondary N) is 2. The average Bonchev–Trinajstić information content (AvgIpc) is 3.24. The van der Waals surface area contributed by atoms with Crippen LogP contribution in [0.5, 0.6) is 11.5 Å². The maximum Gasteiger partial charge on any atom is 0.294 e. The third-order valence-corrected chi connectivity index (χ3v) is 7.02. The molecule has 2 aromatic carbocycles. The molecule has 0 spiro atoms. The number of para-hydroxylation sites is 1. The van der Waals surface area contributed by atoms with Crippen LogP contribution >= 0.6 is 0 Å². The number of ether oxygens (including phenoxy) is 1. The first-order chi connectivity index (χ1) is 16.2. The van der Waals surface area contributed by atoms with Crippen molar-refractivity contribution in [1.82, 2.24) is 24.9 Å². The Bertz CT molecular complexity index is 1290. The van der Waals surface area contributed by atoms with Gasteiger partial charge in [-0.05, 0) is 30.3 Å². The quantitative estimate of drug-likeness (QED) is 0.410. The van der Waals surface area contributed by atoms with Gasteiger partial charge in [-0.3, -0.25) is 20.4 Å². The molecule has 0 saturated heterocycles. The molecule has 34 heavy (non-hydrogen) atoms. The molecule has 0 aliphatic heterocycles. The second-order valence-electron chi connectivity index (χ2n) is 7.00. The van der Waals surface area contributed by atoms with Crippen LogP contribution in [0.2, 0.25) is 0 Å². The predicted molar refractivity (Wildman–Crippen MR) is 123 cm³/mol. The lowest BCUT2D eigenvalue weighted by atomic mass is 10.2. The second-order valence-corrected chi connectivity index (χ2v) is 8.94. The predicted octanol–water partition coefficient (Wildman–Crippen LogP) is 1.69. The molecule has 2 amide bonds. The maximum atomic E-state index is 12.8. The minimum absolute atomic E-state index is 0.0901. The zero-order chi connectivity index (χ0) is 24.9. The molecule has 12 heteroatoms. The van der Waals surface area contributed by atoms with Crippen LogP contribution in [0, 0.1) is 0 Å². The van der Waals surface area contributed by atoms with Crippen LogP contribution in [0.1, 0.15) is 34.7 Å². The van der Waals surface area contributed by atoms with Crippen LogP contribution in [0.25, 0.3) is 5.69 Å². The Balaban J connectivity index is 1.80. The summed E-state index contributed by atoms with van der Waals surface area (Å²) in [5.74, 6) is -1.96. The summed E-state index contributed by atoms with van der Waals surface area (Å²) in [6.45, 7) is 3.95. The van der Waals surface area contributed by atoms with E-state index in [2.05, 4.69) is 16.0 Å². The van der Waals surface area contributed by atoms with Gasteiger partial charge in [0.05, 0.1) is 29.5 Å². The van der Waals surface area contributed by atoms with Crippen LogP contribution in [0.3, 0.4) is 0 Å². The van der Waals surface area contributed by atoms with Gasteiger partial charge >= 0.3 is 0 Å². The van der Waals surface area contributed by atoms with E-state index in [1.165, 1.54) is 40.5 Å². The second kappa shape index (κ2) is 10.4. The van der Waals surface area contributed by atoms with Gasteiger partial charge in [-0.2, -0.15) is 9.40 Å². The molecule has 180 valence electrons. The molecule has 0 radical (unpaired) electrons. The van der Waals surface area contributed by atoms with Gasteiger partial charge in [0, 0.05) is 13.1 Å². The number of rotatable bonds is 8. The lowest BCUT2D eigenvalue weighted by molar-refractivity contribution is 0.0840. The van der Waals surface area contributed by atoms with E-state index in [-0.39, 0.29) is 40.7 Å². The fourth-order valence-electron chi connectivity index (χ4n) is 3.22. The Kier molecular flexibility index (Phi) is 7.54. The van der Waals surface area contributed by atoms with E-state index in [1.54, 1.807) is 38.1 Å². The first-order valence-electron chi connectivity index (χ1n) is 10.4. The highest BCUT2D eigenvalue weighted by molar-refractivity contribution is 7.89. The topological polar surface area (TPSA) is 143 Å². The molecule has 0 unspecified atom stereocenters. The van der Waals surface area contributed by atoms with Crippen molar-refractivity contribution in [2.75, 3.05) is 20.2 Å². The van der Waals surface area contributed by atoms with Crippen LogP contribution in [-0.2, 0) is 10.0 Å². The average molecular weight is 488 g/mol. The zero-order valence-corrected chi connectivity index (χ0v) is 19.7. The van der Waals surface area contributed by atoms with Gasteiger partial charge in [-0.1, -0.05) is 32.0 Å². The number of methoxy groups -OCH3 is 1. The molecule has 3 rings (SSSR count). The summed E-state index contributed by atoms with van der Waals surface area (Å²) in [6.07, 6.45) is 1.26. The molecule has 0 aliphatic rings. The summed E-state index contributed by atoms with van der Waals surface area (Å²) < 4.78 is 33.4. The number of hydrogen-bond donors (Lipinski definition) is 3. The number of carbonyl (C=O) groups excluding carboxylic acids is 2. The molecular formula is C22H25N5O6S. The molecule has 0 aliphatic carbocycles. The minimum atomic E-state index is -3.82. The Morgan fingerprint density at radius 3 is 2.32 bits per heavy atom. The van der Waals surface area contributed by atoms with Crippen molar-refractivity contribution in [2.45, 2.75) is 18.7 Å². The summed E-state index contributed by atoms with van der Waals surface area (Å²) in [5.41, 5.74) is 4.57. The van der Waals surface area contributed by atoms with Gasteiger partial charge < -0.3 is 9.84 Å². The smallest absolute Gasteiger partial charge is 0.294 e. The Labute approximate surface area is 197 Å². The van der Waals surface area contributed by atoms with Crippen LogP contribution in [-0.4, -0.2) is 59.6 Å². The number of aromatic hydroxyl groups is 1. The summed E-state index contributed by atoms with van der Waals surface area (Å²) >= 11 is 0. The zero-order valence-electron chi connectivity index (χ0n) is 18.8. The summed E-state index contributed by atoms with van der Waals surface area (Å²) in [6, 6.07) is 12.7. The largest absolute Gasteiger partial charge is 0.504 e. The molecule has 0 atom stereocenters. The van der Waals surface area contributed by atoms with Crippen molar-refractivity contribution in [3.8, 4) is 17.2 Å². The normalized spacial score (nSPS) is 11.3. The number of nitrogens with zero attached hydrogens (tertiary/aromatic N) is 3. The monoisotopic (exact) mass is 487 g/mol. The number of benzene rings is 2. The van der Waals surface area contributed by atoms with E-state index >= 15 is 0 Å². The number of aromatic nitrogens is 2. The van der Waals surface area contributed by atoms with Gasteiger partial charge in [0.2, 0.25) is 10.0 Å². The van der Waals surface area contributed by atoms with Gasteiger partial charge in [-0.15, -0.1) is 0 Å². The minimum Gasteiger partial charge on any atom is -0.504 e. The maximum absolute atomic E-state index is 12.8. The third kappa shape index (κ3) is 5.02. The van der Waals surface area contributed by atoms with Gasteiger partial charge in [-0.25, -0.2) is 13.1 Å². The van der Waals surface area contributed by atoms with Gasteiger partial charge in [0.15, 0.2) is 11.4 Å². The Morgan fingerprint density at radius 1 is 1.06 bits per heavy atom. The van der Waals surface area contributed by atoms with E-state index in [9.17, 15) is 23.1 Å². The van der Waals surface area contributed by atoms with Gasteiger partial charge in [0.1, 0.15) is 5.75 Å². The van der Waals surface area contributed by atoms with E-state index < -0.39 is 21.8 Å².